The minimum absolute atomic E-state index is 0.0466. The second-order valence-electron chi connectivity index (χ2n) is 5.02. The van der Waals surface area contributed by atoms with Gasteiger partial charge in [-0.1, -0.05) is 16.8 Å². The van der Waals surface area contributed by atoms with E-state index in [1.54, 1.807) is 23.1 Å². The second kappa shape index (κ2) is 5.87. The average Bonchev–Trinajstić information content (AvgIpc) is 2.97. The summed E-state index contributed by atoms with van der Waals surface area (Å²) >= 11 is 5.85. The van der Waals surface area contributed by atoms with Crippen molar-refractivity contribution >= 4 is 17.5 Å². The standard InChI is InChI=1S/C15H15ClN2O3/c1-10-9-18(6-7-20-10)15(19)13-8-14(21-17-13)11-2-4-12(16)5-3-11/h2-5,8,10H,6-7,9H2,1H3. The maximum absolute atomic E-state index is 12.4. The molecule has 6 heteroatoms. The number of aromatic nitrogens is 1. The van der Waals surface area contributed by atoms with E-state index in [9.17, 15) is 4.79 Å². The summed E-state index contributed by atoms with van der Waals surface area (Å²) in [6.07, 6.45) is 0.0466. The Bertz CT molecular complexity index is 639. The third kappa shape index (κ3) is 3.09. The molecule has 110 valence electrons. The molecular formula is C15H15ClN2O3. The molecule has 0 radical (unpaired) electrons. The highest BCUT2D eigenvalue weighted by atomic mass is 35.5. The largest absolute Gasteiger partial charge is 0.375 e. The van der Waals surface area contributed by atoms with E-state index < -0.39 is 0 Å². The lowest BCUT2D eigenvalue weighted by molar-refractivity contribution is -0.0127. The van der Waals surface area contributed by atoms with E-state index in [4.69, 9.17) is 20.9 Å². The van der Waals surface area contributed by atoms with Crippen LogP contribution in [0.5, 0.6) is 0 Å². The highest BCUT2D eigenvalue weighted by Crippen LogP contribution is 2.23. The zero-order valence-electron chi connectivity index (χ0n) is 11.6. The van der Waals surface area contributed by atoms with E-state index in [0.29, 0.717) is 36.2 Å². The van der Waals surface area contributed by atoms with Crippen LogP contribution in [0, 0.1) is 0 Å². The van der Waals surface area contributed by atoms with Gasteiger partial charge in [0.1, 0.15) is 0 Å². The molecule has 5 nitrogen and oxygen atoms in total. The van der Waals surface area contributed by atoms with Crippen LogP contribution in [-0.2, 0) is 4.74 Å². The molecule has 0 aliphatic carbocycles. The molecule has 1 aromatic heterocycles. The van der Waals surface area contributed by atoms with Gasteiger partial charge < -0.3 is 14.2 Å². The second-order valence-corrected chi connectivity index (χ2v) is 5.45. The highest BCUT2D eigenvalue weighted by Gasteiger charge is 2.25. The topological polar surface area (TPSA) is 55.6 Å². The van der Waals surface area contributed by atoms with E-state index in [0.717, 1.165) is 5.56 Å². The van der Waals surface area contributed by atoms with E-state index in [1.807, 2.05) is 19.1 Å². The van der Waals surface area contributed by atoms with Crippen LogP contribution in [0.25, 0.3) is 11.3 Å². The van der Waals surface area contributed by atoms with Gasteiger partial charge in [-0.2, -0.15) is 0 Å². The van der Waals surface area contributed by atoms with Gasteiger partial charge >= 0.3 is 0 Å². The predicted octanol–water partition coefficient (Wildman–Crippen LogP) is 2.86. The fourth-order valence-corrected chi connectivity index (χ4v) is 2.42. The maximum atomic E-state index is 12.4. The number of hydrogen-bond donors (Lipinski definition) is 0. The van der Waals surface area contributed by atoms with Crippen molar-refractivity contribution < 1.29 is 14.1 Å². The fraction of sp³-hybridized carbons (Fsp3) is 0.333. The zero-order chi connectivity index (χ0) is 14.8. The van der Waals surface area contributed by atoms with Gasteiger partial charge in [-0.3, -0.25) is 4.79 Å². The molecular weight excluding hydrogens is 292 g/mol. The first-order valence-electron chi connectivity index (χ1n) is 6.77. The molecule has 1 fully saturated rings. The molecule has 1 unspecified atom stereocenters. The molecule has 3 rings (SSSR count). The molecule has 1 aliphatic heterocycles. The molecule has 1 aromatic carbocycles. The Kier molecular flexibility index (Phi) is 3.94. The summed E-state index contributed by atoms with van der Waals surface area (Å²) in [6, 6.07) is 8.85. The third-order valence-electron chi connectivity index (χ3n) is 3.39. The maximum Gasteiger partial charge on any atom is 0.276 e. The summed E-state index contributed by atoms with van der Waals surface area (Å²) in [5.74, 6) is 0.422. The van der Waals surface area contributed by atoms with Gasteiger partial charge in [-0.15, -0.1) is 0 Å². The van der Waals surface area contributed by atoms with Crippen molar-refractivity contribution in [3.63, 3.8) is 0 Å². The van der Waals surface area contributed by atoms with Crippen molar-refractivity contribution in [1.82, 2.24) is 10.1 Å². The van der Waals surface area contributed by atoms with E-state index in [1.165, 1.54) is 0 Å². The number of carbonyl (C=O) groups is 1. The number of ether oxygens (including phenoxy) is 1. The summed E-state index contributed by atoms with van der Waals surface area (Å²) in [4.78, 5) is 14.1. The van der Waals surface area contributed by atoms with Crippen LogP contribution in [0.1, 0.15) is 17.4 Å². The number of nitrogens with zero attached hydrogens (tertiary/aromatic N) is 2. The Hall–Kier alpha value is -1.85. The van der Waals surface area contributed by atoms with Gasteiger partial charge in [0.15, 0.2) is 11.5 Å². The van der Waals surface area contributed by atoms with Crippen LogP contribution in [-0.4, -0.2) is 41.8 Å². The molecule has 21 heavy (non-hydrogen) atoms. The van der Waals surface area contributed by atoms with E-state index in [2.05, 4.69) is 5.16 Å². The summed E-state index contributed by atoms with van der Waals surface area (Å²) in [7, 11) is 0. The Labute approximate surface area is 127 Å². The van der Waals surface area contributed by atoms with Crippen LogP contribution in [0.15, 0.2) is 34.9 Å². The minimum Gasteiger partial charge on any atom is -0.375 e. The van der Waals surface area contributed by atoms with E-state index >= 15 is 0 Å². The first-order valence-corrected chi connectivity index (χ1v) is 7.15. The molecule has 0 N–H and O–H groups in total. The van der Waals surface area contributed by atoms with Crippen LogP contribution >= 0.6 is 11.6 Å². The third-order valence-corrected chi connectivity index (χ3v) is 3.64. The van der Waals surface area contributed by atoms with Crippen molar-refractivity contribution in [1.29, 1.82) is 0 Å². The highest BCUT2D eigenvalue weighted by molar-refractivity contribution is 6.30. The van der Waals surface area contributed by atoms with Crippen molar-refractivity contribution in [3.8, 4) is 11.3 Å². The molecule has 2 aromatic rings. The summed E-state index contributed by atoms with van der Waals surface area (Å²) < 4.78 is 10.7. The summed E-state index contributed by atoms with van der Waals surface area (Å²) in [6.45, 7) is 3.64. The fourth-order valence-electron chi connectivity index (χ4n) is 2.29. The smallest absolute Gasteiger partial charge is 0.276 e. The normalized spacial score (nSPS) is 18.8. The minimum atomic E-state index is -0.130. The van der Waals surface area contributed by atoms with Gasteiger partial charge in [0, 0.05) is 29.7 Å². The lowest BCUT2D eigenvalue weighted by Crippen LogP contribution is -2.44. The average molecular weight is 307 g/mol. The number of rotatable bonds is 2. The molecule has 2 heterocycles. The van der Waals surface area contributed by atoms with Crippen molar-refractivity contribution in [2.24, 2.45) is 0 Å². The molecule has 0 bridgehead atoms. The van der Waals surface area contributed by atoms with Crippen molar-refractivity contribution in [2.75, 3.05) is 19.7 Å². The number of amides is 1. The number of benzene rings is 1. The first-order chi connectivity index (χ1) is 10.1. The molecule has 0 saturated carbocycles. The monoisotopic (exact) mass is 306 g/mol. The SMILES string of the molecule is CC1CN(C(=O)c2cc(-c3ccc(Cl)cc3)on2)CCO1. The first kappa shape index (κ1) is 14.1. The van der Waals surface area contributed by atoms with Crippen molar-refractivity contribution in [2.45, 2.75) is 13.0 Å². The van der Waals surface area contributed by atoms with Crippen LogP contribution in [0.3, 0.4) is 0 Å². The lowest BCUT2D eigenvalue weighted by Gasteiger charge is -2.30. The number of morpholine rings is 1. The van der Waals surface area contributed by atoms with Crippen LogP contribution < -0.4 is 0 Å². The van der Waals surface area contributed by atoms with Crippen LogP contribution in [0.2, 0.25) is 5.02 Å². The number of hydrogen-bond acceptors (Lipinski definition) is 4. The summed E-state index contributed by atoms with van der Waals surface area (Å²) in [5, 5.41) is 4.53. The predicted molar refractivity (Wildman–Crippen MR) is 78.3 cm³/mol. The molecule has 1 amide bonds. The van der Waals surface area contributed by atoms with Crippen LogP contribution in [0.4, 0.5) is 0 Å². The Balaban J connectivity index is 1.78. The molecule has 1 aliphatic rings. The number of carbonyl (C=O) groups excluding carboxylic acids is 1. The number of halogens is 1. The zero-order valence-corrected chi connectivity index (χ0v) is 12.3. The molecule has 1 saturated heterocycles. The van der Waals surface area contributed by atoms with Gasteiger partial charge in [-0.25, -0.2) is 0 Å². The Morgan fingerprint density at radius 2 is 2.14 bits per heavy atom. The van der Waals surface area contributed by atoms with Crippen molar-refractivity contribution in [3.05, 3.63) is 41.0 Å². The van der Waals surface area contributed by atoms with Gasteiger partial charge in [0.25, 0.3) is 5.91 Å². The Morgan fingerprint density at radius 3 is 2.86 bits per heavy atom. The van der Waals surface area contributed by atoms with Gasteiger partial charge in [-0.05, 0) is 31.2 Å². The summed E-state index contributed by atoms with van der Waals surface area (Å²) in [5.41, 5.74) is 1.15. The lowest BCUT2D eigenvalue weighted by atomic mass is 10.1. The van der Waals surface area contributed by atoms with E-state index in [-0.39, 0.29) is 12.0 Å². The molecule has 1 atom stereocenters. The molecule has 0 spiro atoms. The van der Waals surface area contributed by atoms with Gasteiger partial charge in [0.05, 0.1) is 12.7 Å². The quantitative estimate of drug-likeness (QED) is 0.856. The Morgan fingerprint density at radius 1 is 1.38 bits per heavy atom. The van der Waals surface area contributed by atoms with Gasteiger partial charge in [0.2, 0.25) is 0 Å².